The molecule has 3 aromatic rings. The van der Waals surface area contributed by atoms with Crippen LogP contribution in [0.1, 0.15) is 22.6 Å². The molecule has 4 nitrogen and oxygen atoms in total. The lowest BCUT2D eigenvalue weighted by molar-refractivity contribution is 0.226. The van der Waals surface area contributed by atoms with E-state index in [0.717, 1.165) is 37.6 Å². The summed E-state index contributed by atoms with van der Waals surface area (Å²) in [4.78, 5) is 2.38. The minimum absolute atomic E-state index is 0.740. The smallest absolute Gasteiger partial charge is 0.117 e. The minimum Gasteiger partial charge on any atom is -0.468 e. The predicted molar refractivity (Wildman–Crippen MR) is 93.1 cm³/mol. The van der Waals surface area contributed by atoms with Gasteiger partial charge in [0.1, 0.15) is 5.76 Å². The molecule has 3 aromatic heterocycles. The Morgan fingerprint density at radius 1 is 1.35 bits per heavy atom. The Morgan fingerprint density at radius 3 is 2.96 bits per heavy atom. The van der Waals surface area contributed by atoms with Crippen LogP contribution >= 0.6 is 11.3 Å². The van der Waals surface area contributed by atoms with Crippen molar-refractivity contribution < 1.29 is 4.42 Å². The molecule has 23 heavy (non-hydrogen) atoms. The normalized spacial score (nSPS) is 11.2. The van der Waals surface area contributed by atoms with Crippen molar-refractivity contribution in [2.45, 2.75) is 33.1 Å². The second-order valence-corrected chi connectivity index (χ2v) is 6.39. The van der Waals surface area contributed by atoms with E-state index in [9.17, 15) is 0 Å². The zero-order chi connectivity index (χ0) is 16.1. The lowest BCUT2D eigenvalue weighted by Gasteiger charge is -2.20. The zero-order valence-electron chi connectivity index (χ0n) is 13.3. The van der Waals surface area contributed by atoms with Crippen LogP contribution in [0, 0.1) is 6.92 Å². The van der Waals surface area contributed by atoms with Gasteiger partial charge in [-0.2, -0.15) is 16.4 Å². The molecular formula is C18H21N3OS. The maximum atomic E-state index is 5.52. The van der Waals surface area contributed by atoms with E-state index in [4.69, 9.17) is 4.42 Å². The Hall–Kier alpha value is -2.11. The van der Waals surface area contributed by atoms with E-state index >= 15 is 0 Å². The number of thiophene rings is 1. The summed E-state index contributed by atoms with van der Waals surface area (Å²) in [5, 5.41) is 8.86. The number of hydrogen-bond donors (Lipinski definition) is 0. The van der Waals surface area contributed by atoms with Crippen LogP contribution in [0.5, 0.6) is 0 Å². The van der Waals surface area contributed by atoms with Crippen molar-refractivity contribution in [2.75, 3.05) is 0 Å². The van der Waals surface area contributed by atoms with E-state index in [0.29, 0.717) is 0 Å². The molecule has 0 unspecified atom stereocenters. The Kier molecular flexibility index (Phi) is 5.10. The molecule has 0 fully saturated rings. The highest BCUT2D eigenvalue weighted by molar-refractivity contribution is 7.07. The van der Waals surface area contributed by atoms with Gasteiger partial charge in [0.25, 0.3) is 0 Å². The fraction of sp³-hybridized carbons (Fsp3) is 0.278. The quantitative estimate of drug-likeness (QED) is 0.581. The molecule has 0 aromatic carbocycles. The van der Waals surface area contributed by atoms with Gasteiger partial charge in [0.15, 0.2) is 0 Å². The monoisotopic (exact) mass is 327 g/mol. The van der Waals surface area contributed by atoms with Gasteiger partial charge in [0.05, 0.1) is 25.0 Å². The van der Waals surface area contributed by atoms with Crippen LogP contribution in [0.15, 0.2) is 58.5 Å². The van der Waals surface area contributed by atoms with Crippen molar-refractivity contribution in [2.24, 2.45) is 0 Å². The number of aryl methyl sites for hydroxylation is 1. The summed E-state index contributed by atoms with van der Waals surface area (Å²) in [7, 11) is 0. The fourth-order valence-corrected chi connectivity index (χ4v) is 3.27. The first-order valence-corrected chi connectivity index (χ1v) is 8.58. The molecule has 0 bridgehead atoms. The molecule has 0 radical (unpaired) electrons. The lowest BCUT2D eigenvalue weighted by Crippen LogP contribution is -2.22. The number of furan rings is 1. The average molecular weight is 327 g/mol. The van der Waals surface area contributed by atoms with E-state index in [-0.39, 0.29) is 0 Å². The Balaban J connectivity index is 1.75. The first-order chi connectivity index (χ1) is 11.2. The van der Waals surface area contributed by atoms with Crippen LogP contribution in [-0.2, 0) is 26.2 Å². The molecule has 0 saturated heterocycles. The van der Waals surface area contributed by atoms with Crippen molar-refractivity contribution in [3.63, 3.8) is 0 Å². The second-order valence-electron chi connectivity index (χ2n) is 5.61. The molecule has 120 valence electrons. The van der Waals surface area contributed by atoms with E-state index in [2.05, 4.69) is 46.5 Å². The molecule has 0 atom stereocenters. The topological polar surface area (TPSA) is 34.2 Å². The summed E-state index contributed by atoms with van der Waals surface area (Å²) in [6.45, 7) is 9.11. The van der Waals surface area contributed by atoms with Gasteiger partial charge in [0, 0.05) is 24.8 Å². The molecule has 0 aliphatic carbocycles. The third kappa shape index (κ3) is 4.21. The Labute approximate surface area is 140 Å². The summed E-state index contributed by atoms with van der Waals surface area (Å²) in [5.74, 6) is 0.983. The average Bonchev–Trinajstić information content (AvgIpc) is 3.24. The number of rotatable bonds is 8. The van der Waals surface area contributed by atoms with Gasteiger partial charge in [-0.15, -0.1) is 6.58 Å². The zero-order valence-corrected chi connectivity index (χ0v) is 14.1. The van der Waals surface area contributed by atoms with E-state index in [1.165, 1.54) is 11.1 Å². The minimum atomic E-state index is 0.740. The predicted octanol–water partition coefficient (Wildman–Crippen LogP) is 4.23. The van der Waals surface area contributed by atoms with Gasteiger partial charge < -0.3 is 4.42 Å². The van der Waals surface area contributed by atoms with Gasteiger partial charge in [-0.3, -0.25) is 9.58 Å². The molecule has 3 heterocycles. The molecule has 0 aliphatic rings. The summed E-state index contributed by atoms with van der Waals surface area (Å²) in [6, 6.07) is 6.13. The Bertz CT molecular complexity index is 692. The molecule has 0 aliphatic heterocycles. The van der Waals surface area contributed by atoms with E-state index < -0.39 is 0 Å². The van der Waals surface area contributed by atoms with E-state index in [1.54, 1.807) is 17.6 Å². The SMILES string of the molecule is C=CCn1cc(CN(Cc2ccsc2)Cc2ccco2)c(C)n1. The first-order valence-electron chi connectivity index (χ1n) is 7.64. The van der Waals surface area contributed by atoms with Crippen molar-refractivity contribution in [1.29, 1.82) is 0 Å². The lowest BCUT2D eigenvalue weighted by atomic mass is 10.2. The molecular weight excluding hydrogens is 306 g/mol. The van der Waals surface area contributed by atoms with Crippen LogP contribution in [0.3, 0.4) is 0 Å². The third-order valence-corrected chi connectivity index (χ3v) is 4.44. The highest BCUT2D eigenvalue weighted by Gasteiger charge is 2.13. The van der Waals surface area contributed by atoms with Crippen molar-refractivity contribution in [1.82, 2.24) is 14.7 Å². The molecule has 5 heteroatoms. The van der Waals surface area contributed by atoms with Crippen LogP contribution in [0.2, 0.25) is 0 Å². The van der Waals surface area contributed by atoms with Crippen LogP contribution in [0.25, 0.3) is 0 Å². The number of nitrogens with zero attached hydrogens (tertiary/aromatic N) is 3. The highest BCUT2D eigenvalue weighted by Crippen LogP contribution is 2.17. The molecule has 3 rings (SSSR count). The van der Waals surface area contributed by atoms with Crippen LogP contribution in [-0.4, -0.2) is 14.7 Å². The summed E-state index contributed by atoms with van der Waals surface area (Å²) in [6.07, 6.45) is 5.70. The van der Waals surface area contributed by atoms with Crippen molar-refractivity contribution >= 4 is 11.3 Å². The first kappa shape index (κ1) is 15.8. The van der Waals surface area contributed by atoms with Gasteiger partial charge in [-0.1, -0.05) is 6.08 Å². The van der Waals surface area contributed by atoms with Crippen LogP contribution < -0.4 is 0 Å². The maximum Gasteiger partial charge on any atom is 0.117 e. The van der Waals surface area contributed by atoms with Crippen molar-refractivity contribution in [3.05, 3.63) is 76.7 Å². The maximum absolute atomic E-state index is 5.52. The summed E-state index contributed by atoms with van der Waals surface area (Å²) < 4.78 is 7.46. The summed E-state index contributed by atoms with van der Waals surface area (Å²) >= 11 is 1.73. The summed E-state index contributed by atoms with van der Waals surface area (Å²) in [5.41, 5.74) is 3.65. The molecule has 0 amide bonds. The van der Waals surface area contributed by atoms with Gasteiger partial charge in [0.2, 0.25) is 0 Å². The number of allylic oxidation sites excluding steroid dienone is 1. The van der Waals surface area contributed by atoms with Crippen molar-refractivity contribution in [3.8, 4) is 0 Å². The standard InChI is InChI=1S/C18H21N3OS/c1-3-7-21-12-17(15(2)19-21)11-20(10-16-6-9-23-14-16)13-18-5-4-8-22-18/h3-6,8-9,12,14H,1,7,10-11,13H2,2H3. The van der Waals surface area contributed by atoms with E-state index in [1.807, 2.05) is 22.9 Å². The van der Waals surface area contributed by atoms with Gasteiger partial charge in [-0.05, 0) is 41.4 Å². The van der Waals surface area contributed by atoms with Crippen LogP contribution in [0.4, 0.5) is 0 Å². The largest absolute Gasteiger partial charge is 0.468 e. The molecule has 0 spiro atoms. The Morgan fingerprint density at radius 2 is 2.26 bits per heavy atom. The number of aromatic nitrogens is 2. The van der Waals surface area contributed by atoms with Gasteiger partial charge in [-0.25, -0.2) is 0 Å². The molecule has 0 saturated carbocycles. The third-order valence-electron chi connectivity index (χ3n) is 3.70. The van der Waals surface area contributed by atoms with Gasteiger partial charge >= 0.3 is 0 Å². The second kappa shape index (κ2) is 7.44. The molecule has 0 N–H and O–H groups in total. The fourth-order valence-electron chi connectivity index (χ4n) is 2.61. The highest BCUT2D eigenvalue weighted by atomic mass is 32.1. The number of hydrogen-bond acceptors (Lipinski definition) is 4.